The van der Waals surface area contributed by atoms with E-state index in [1.807, 2.05) is 24.0 Å². The Morgan fingerprint density at radius 2 is 2.15 bits per heavy atom. The Morgan fingerprint density at radius 3 is 2.92 bits per heavy atom. The predicted molar refractivity (Wildman–Crippen MR) is 92.3 cm³/mol. The molecule has 4 heterocycles. The van der Waals surface area contributed by atoms with Crippen LogP contribution >= 0.6 is 0 Å². The largest absolute Gasteiger partial charge is 0.454 e. The molecule has 1 amide bonds. The first-order chi connectivity index (χ1) is 12.6. The number of H-pyrrole nitrogens is 1. The van der Waals surface area contributed by atoms with Crippen LogP contribution in [-0.2, 0) is 0 Å². The van der Waals surface area contributed by atoms with Crippen LogP contribution < -0.4 is 9.47 Å². The van der Waals surface area contributed by atoms with Gasteiger partial charge in [-0.15, -0.1) is 0 Å². The zero-order valence-corrected chi connectivity index (χ0v) is 14.9. The molecule has 8 nitrogen and oxygen atoms in total. The number of hydrogen-bond donors (Lipinski definition) is 1. The lowest BCUT2D eigenvalue weighted by Gasteiger charge is -2.50. The molecule has 0 radical (unpaired) electrons. The minimum Gasteiger partial charge on any atom is -0.454 e. The van der Waals surface area contributed by atoms with Gasteiger partial charge in [-0.05, 0) is 26.1 Å². The fourth-order valence-corrected chi connectivity index (χ4v) is 4.54. The molecule has 8 heteroatoms. The van der Waals surface area contributed by atoms with Crippen molar-refractivity contribution in [3.05, 3.63) is 35.4 Å². The van der Waals surface area contributed by atoms with Crippen molar-refractivity contribution in [3.8, 4) is 11.5 Å². The number of carbonyl (C=O) groups excluding carboxylic acids is 1. The molecule has 0 saturated carbocycles. The van der Waals surface area contributed by atoms with E-state index >= 15 is 0 Å². The van der Waals surface area contributed by atoms with E-state index in [1.165, 1.54) is 0 Å². The van der Waals surface area contributed by atoms with Crippen molar-refractivity contribution in [2.75, 3.05) is 40.0 Å². The van der Waals surface area contributed by atoms with E-state index < -0.39 is 0 Å². The van der Waals surface area contributed by atoms with Gasteiger partial charge >= 0.3 is 0 Å². The third kappa shape index (κ3) is 2.21. The van der Waals surface area contributed by atoms with Crippen molar-refractivity contribution in [2.45, 2.75) is 12.8 Å². The molecule has 1 aromatic heterocycles. The number of nitrogens with one attached hydrogen (secondary N) is 1. The molecule has 3 aliphatic heterocycles. The van der Waals surface area contributed by atoms with Crippen LogP contribution in [0.15, 0.2) is 18.2 Å². The average Bonchev–Trinajstić information content (AvgIpc) is 3.29. The molecule has 2 aromatic rings. The Hall–Kier alpha value is -2.61. The molecular formula is C18H21N5O3. The lowest BCUT2D eigenvalue weighted by molar-refractivity contribution is 0.00277. The summed E-state index contributed by atoms with van der Waals surface area (Å²) in [5, 5.41) is 7.33. The van der Waals surface area contributed by atoms with E-state index in [1.54, 1.807) is 6.07 Å². The quantitative estimate of drug-likeness (QED) is 0.866. The first kappa shape index (κ1) is 15.6. The minimum atomic E-state index is -0.00237. The Kier molecular flexibility index (Phi) is 3.27. The van der Waals surface area contributed by atoms with Crippen molar-refractivity contribution in [3.63, 3.8) is 0 Å². The van der Waals surface area contributed by atoms with Gasteiger partial charge in [-0.3, -0.25) is 9.89 Å². The molecule has 26 heavy (non-hydrogen) atoms. The highest BCUT2D eigenvalue weighted by Crippen LogP contribution is 2.48. The van der Waals surface area contributed by atoms with Gasteiger partial charge in [0.2, 0.25) is 6.79 Å². The second-order valence-corrected chi connectivity index (χ2v) is 7.59. The maximum atomic E-state index is 13.0. The number of ether oxygens (including phenoxy) is 2. The number of aromatic nitrogens is 3. The summed E-state index contributed by atoms with van der Waals surface area (Å²) in [6.45, 7) is 5.35. The molecule has 1 atom stereocenters. The molecule has 2 saturated heterocycles. The van der Waals surface area contributed by atoms with Gasteiger partial charge in [0.15, 0.2) is 17.3 Å². The number of para-hydroxylation sites is 1. The first-order valence-electron chi connectivity index (χ1n) is 8.81. The second-order valence-electron chi connectivity index (χ2n) is 7.59. The molecule has 0 bridgehead atoms. The molecule has 1 aromatic carbocycles. The predicted octanol–water partition coefficient (Wildman–Crippen LogP) is 1.01. The number of aromatic amines is 1. The SMILES string of the molecule is Cc1nc(C2CN(C)CC23CN(C(=O)c2cccc4c2OCO4)C3)n[nH]1. The Morgan fingerprint density at radius 1 is 1.31 bits per heavy atom. The molecule has 1 spiro atoms. The highest BCUT2D eigenvalue weighted by molar-refractivity contribution is 5.98. The summed E-state index contributed by atoms with van der Waals surface area (Å²) >= 11 is 0. The molecular weight excluding hydrogens is 334 g/mol. The van der Waals surface area contributed by atoms with Crippen LogP contribution in [0.2, 0.25) is 0 Å². The molecule has 2 fully saturated rings. The fourth-order valence-electron chi connectivity index (χ4n) is 4.54. The average molecular weight is 355 g/mol. The van der Waals surface area contributed by atoms with Gasteiger partial charge in [-0.25, -0.2) is 4.98 Å². The first-order valence-corrected chi connectivity index (χ1v) is 8.81. The van der Waals surface area contributed by atoms with Crippen molar-refractivity contribution >= 4 is 5.91 Å². The van der Waals surface area contributed by atoms with E-state index in [9.17, 15) is 4.79 Å². The molecule has 3 aliphatic rings. The third-order valence-corrected chi connectivity index (χ3v) is 5.67. The van der Waals surface area contributed by atoms with Gasteiger partial charge in [0, 0.05) is 37.5 Å². The number of aryl methyl sites for hydroxylation is 1. The number of carbonyl (C=O) groups is 1. The summed E-state index contributed by atoms with van der Waals surface area (Å²) in [6, 6.07) is 5.46. The van der Waals surface area contributed by atoms with Crippen molar-refractivity contribution < 1.29 is 14.3 Å². The van der Waals surface area contributed by atoms with Crippen molar-refractivity contribution in [2.24, 2.45) is 5.41 Å². The molecule has 1 unspecified atom stereocenters. The van der Waals surface area contributed by atoms with E-state index in [-0.39, 0.29) is 24.0 Å². The highest BCUT2D eigenvalue weighted by Gasteiger charge is 2.56. The smallest absolute Gasteiger partial charge is 0.257 e. The van der Waals surface area contributed by atoms with Crippen LogP contribution in [0.5, 0.6) is 11.5 Å². The van der Waals surface area contributed by atoms with Crippen molar-refractivity contribution in [1.82, 2.24) is 25.0 Å². The normalized spacial score (nSPS) is 23.5. The standard InChI is InChI=1S/C18H21N5O3/c1-11-19-16(21-20-11)13-6-22(2)7-18(13)8-23(9-18)17(24)12-4-3-5-14-15(12)26-10-25-14/h3-5,13H,6-10H2,1-2H3,(H,19,20,21). The fraction of sp³-hybridized carbons (Fsp3) is 0.500. The number of hydrogen-bond acceptors (Lipinski definition) is 6. The topological polar surface area (TPSA) is 83.6 Å². The van der Waals surface area contributed by atoms with Gasteiger partial charge < -0.3 is 19.3 Å². The van der Waals surface area contributed by atoms with Crippen LogP contribution in [0, 0.1) is 12.3 Å². The molecule has 5 rings (SSSR count). The number of rotatable bonds is 2. The van der Waals surface area contributed by atoms with E-state index in [4.69, 9.17) is 9.47 Å². The second kappa shape index (κ2) is 5.44. The number of benzene rings is 1. The monoisotopic (exact) mass is 355 g/mol. The summed E-state index contributed by atoms with van der Waals surface area (Å²) in [7, 11) is 2.11. The van der Waals surface area contributed by atoms with Crippen LogP contribution in [0.3, 0.4) is 0 Å². The number of nitrogens with zero attached hydrogens (tertiary/aromatic N) is 4. The van der Waals surface area contributed by atoms with Crippen LogP contribution in [0.4, 0.5) is 0 Å². The van der Waals surface area contributed by atoms with E-state index in [0.29, 0.717) is 30.2 Å². The van der Waals surface area contributed by atoms with Gasteiger partial charge in [0.05, 0.1) is 5.56 Å². The minimum absolute atomic E-state index is 0.00237. The zero-order valence-electron chi connectivity index (χ0n) is 14.9. The van der Waals surface area contributed by atoms with Crippen LogP contribution in [0.1, 0.15) is 27.9 Å². The van der Waals surface area contributed by atoms with E-state index in [2.05, 4.69) is 27.1 Å². The lowest BCUT2D eigenvalue weighted by atomic mass is 9.71. The van der Waals surface area contributed by atoms with Gasteiger partial charge in [0.1, 0.15) is 5.82 Å². The summed E-state index contributed by atoms with van der Waals surface area (Å²) in [4.78, 5) is 21.7. The van der Waals surface area contributed by atoms with Crippen LogP contribution in [0.25, 0.3) is 0 Å². The highest BCUT2D eigenvalue weighted by atomic mass is 16.7. The number of likely N-dealkylation sites (N-methyl/N-ethyl adjacent to an activating group) is 1. The Labute approximate surface area is 151 Å². The van der Waals surface area contributed by atoms with Gasteiger partial charge in [-0.2, -0.15) is 5.10 Å². The lowest BCUT2D eigenvalue weighted by Crippen LogP contribution is -2.61. The summed E-state index contributed by atoms with van der Waals surface area (Å²) in [5.41, 5.74) is 0.598. The third-order valence-electron chi connectivity index (χ3n) is 5.67. The maximum Gasteiger partial charge on any atom is 0.257 e. The number of amides is 1. The summed E-state index contributed by atoms with van der Waals surface area (Å²) in [6.07, 6.45) is 0. The molecule has 1 N–H and O–H groups in total. The van der Waals surface area contributed by atoms with Crippen molar-refractivity contribution in [1.29, 1.82) is 0 Å². The summed E-state index contributed by atoms with van der Waals surface area (Å²) < 4.78 is 10.9. The van der Waals surface area contributed by atoms with Crippen LogP contribution in [-0.4, -0.2) is 70.9 Å². The Balaban J connectivity index is 1.37. The van der Waals surface area contributed by atoms with Gasteiger partial charge in [-0.1, -0.05) is 6.07 Å². The summed E-state index contributed by atoms with van der Waals surface area (Å²) in [5.74, 6) is 3.12. The Bertz CT molecular complexity index is 873. The molecule has 0 aliphatic carbocycles. The van der Waals surface area contributed by atoms with Gasteiger partial charge in [0.25, 0.3) is 5.91 Å². The van der Waals surface area contributed by atoms with E-state index in [0.717, 1.165) is 24.7 Å². The number of fused-ring (bicyclic) bond motifs is 1. The number of likely N-dealkylation sites (tertiary alicyclic amines) is 2. The maximum absolute atomic E-state index is 13.0. The molecule has 136 valence electrons. The zero-order chi connectivity index (χ0) is 17.9.